The van der Waals surface area contributed by atoms with Crippen molar-refractivity contribution < 1.29 is 17.9 Å². The number of alkyl halides is 3. The van der Waals surface area contributed by atoms with Crippen molar-refractivity contribution in [3.63, 3.8) is 0 Å². The largest absolute Gasteiger partial charge is 0.416 e. The van der Waals surface area contributed by atoms with E-state index in [-0.39, 0.29) is 17.7 Å². The number of benzene rings is 2. The number of ether oxygens (including phenoxy) is 1. The number of rotatable bonds is 4. The zero-order chi connectivity index (χ0) is 21.1. The maximum Gasteiger partial charge on any atom is 0.416 e. The topological polar surface area (TPSA) is 61.2 Å². The Morgan fingerprint density at radius 1 is 1.13 bits per heavy atom. The molecule has 0 saturated carbocycles. The van der Waals surface area contributed by atoms with Gasteiger partial charge in [-0.25, -0.2) is 0 Å². The van der Waals surface area contributed by atoms with Crippen molar-refractivity contribution in [2.45, 2.75) is 12.7 Å². The number of anilines is 2. The first-order chi connectivity index (χ1) is 14.5. The lowest BCUT2D eigenvalue weighted by molar-refractivity contribution is -0.138. The van der Waals surface area contributed by atoms with E-state index in [1.54, 1.807) is 24.3 Å². The molecule has 0 bridgehead atoms. The summed E-state index contributed by atoms with van der Waals surface area (Å²) < 4.78 is 46.6. The molecule has 1 aliphatic rings. The van der Waals surface area contributed by atoms with Crippen LogP contribution in [-0.4, -0.2) is 31.3 Å². The number of nitrogens with zero attached hydrogens (tertiary/aromatic N) is 3. The molecule has 1 aromatic heterocycles. The molecule has 30 heavy (non-hydrogen) atoms. The van der Waals surface area contributed by atoms with Crippen molar-refractivity contribution in [2.24, 2.45) is 0 Å². The smallest absolute Gasteiger partial charge is 0.379 e. The van der Waals surface area contributed by atoms with E-state index in [4.69, 9.17) is 4.74 Å². The predicted molar refractivity (Wildman–Crippen MR) is 108 cm³/mol. The quantitative estimate of drug-likeness (QED) is 0.680. The lowest BCUT2D eigenvalue weighted by atomic mass is 10.0. The summed E-state index contributed by atoms with van der Waals surface area (Å²) >= 11 is 0. The molecular weight excluding hydrogens is 393 g/mol. The molecule has 0 amide bonds. The van der Waals surface area contributed by atoms with E-state index < -0.39 is 11.7 Å². The summed E-state index contributed by atoms with van der Waals surface area (Å²) in [5, 5.41) is 13.1. The number of halogens is 3. The van der Waals surface area contributed by atoms with Crippen LogP contribution >= 0.6 is 0 Å². The fourth-order valence-electron chi connectivity index (χ4n) is 3.60. The van der Waals surface area contributed by atoms with E-state index in [1.165, 1.54) is 18.3 Å². The molecule has 1 aliphatic heterocycles. The number of hydrogen-bond acceptors (Lipinski definition) is 5. The molecule has 1 N–H and O–H groups in total. The molecule has 0 unspecified atom stereocenters. The summed E-state index contributed by atoms with van der Waals surface area (Å²) in [7, 11) is 0. The van der Waals surface area contributed by atoms with Gasteiger partial charge < -0.3 is 15.0 Å². The zero-order valence-electron chi connectivity index (χ0n) is 16.0. The molecular formula is C22H19F3N4O. The molecule has 0 spiro atoms. The van der Waals surface area contributed by atoms with Crippen LogP contribution in [0.2, 0.25) is 0 Å². The Hall–Kier alpha value is -3.31. The Balaban J connectivity index is 1.67. The average Bonchev–Trinajstić information content (AvgIpc) is 2.77. The Bertz CT molecular complexity index is 1100. The molecule has 8 heteroatoms. The van der Waals surface area contributed by atoms with Gasteiger partial charge in [0.2, 0.25) is 0 Å². The van der Waals surface area contributed by atoms with Gasteiger partial charge in [0.25, 0.3) is 0 Å². The number of morpholine rings is 1. The van der Waals surface area contributed by atoms with Gasteiger partial charge in [0.15, 0.2) is 0 Å². The monoisotopic (exact) mass is 412 g/mol. The van der Waals surface area contributed by atoms with Crippen molar-refractivity contribution in [2.75, 3.05) is 36.5 Å². The van der Waals surface area contributed by atoms with Crippen LogP contribution in [0.3, 0.4) is 0 Å². The van der Waals surface area contributed by atoms with Crippen LogP contribution in [0.1, 0.15) is 16.7 Å². The van der Waals surface area contributed by atoms with E-state index in [1.807, 2.05) is 11.0 Å². The van der Waals surface area contributed by atoms with Gasteiger partial charge >= 0.3 is 6.18 Å². The Kier molecular flexibility index (Phi) is 5.46. The predicted octanol–water partition coefficient (Wildman–Crippen LogP) is 4.57. The molecule has 4 rings (SSSR count). The minimum atomic E-state index is -4.49. The van der Waals surface area contributed by atoms with Crippen LogP contribution in [0.5, 0.6) is 0 Å². The van der Waals surface area contributed by atoms with Gasteiger partial charge in [0, 0.05) is 36.9 Å². The number of para-hydroxylation sites is 1. The summed E-state index contributed by atoms with van der Waals surface area (Å²) in [6, 6.07) is 13.6. The van der Waals surface area contributed by atoms with Gasteiger partial charge in [-0.1, -0.05) is 24.3 Å². The van der Waals surface area contributed by atoms with E-state index in [0.717, 1.165) is 0 Å². The van der Waals surface area contributed by atoms with Gasteiger partial charge in [-0.05, 0) is 23.8 Å². The normalized spacial score (nSPS) is 14.5. The maximum absolute atomic E-state index is 13.8. The lowest BCUT2D eigenvalue weighted by Gasteiger charge is -2.29. The molecule has 1 saturated heterocycles. The highest BCUT2D eigenvalue weighted by molar-refractivity contribution is 5.93. The summed E-state index contributed by atoms with van der Waals surface area (Å²) in [6.45, 7) is 2.04. The average molecular weight is 412 g/mol. The van der Waals surface area contributed by atoms with Crippen LogP contribution in [0.4, 0.5) is 24.5 Å². The van der Waals surface area contributed by atoms with Gasteiger partial charge in [-0.15, -0.1) is 0 Å². The van der Waals surface area contributed by atoms with Gasteiger partial charge in [0.1, 0.15) is 6.07 Å². The molecule has 0 radical (unpaired) electrons. The standard InChI is InChI=1S/C22H19F3N4O/c23-22(24,25)19-11-17(29-7-9-30-10-8-29)6-5-15(19)13-28-21-16(12-26)14-27-20-4-2-1-3-18(20)21/h1-6,11,14H,7-10,13H2,(H,27,28). The van der Waals surface area contributed by atoms with Gasteiger partial charge in [-0.3, -0.25) is 4.98 Å². The zero-order valence-corrected chi connectivity index (χ0v) is 16.0. The molecule has 2 aromatic carbocycles. The van der Waals surface area contributed by atoms with Crippen LogP contribution < -0.4 is 10.2 Å². The van der Waals surface area contributed by atoms with Crippen LogP contribution in [0, 0.1) is 11.3 Å². The SMILES string of the molecule is N#Cc1cnc2ccccc2c1NCc1ccc(N2CCOCC2)cc1C(F)(F)F. The van der Waals surface area contributed by atoms with E-state index in [0.29, 0.717) is 48.6 Å². The van der Waals surface area contributed by atoms with E-state index in [2.05, 4.69) is 16.4 Å². The third-order valence-electron chi connectivity index (χ3n) is 5.13. The maximum atomic E-state index is 13.8. The first-order valence-corrected chi connectivity index (χ1v) is 9.52. The summed E-state index contributed by atoms with van der Waals surface area (Å²) in [5.74, 6) is 0. The Labute approximate surface area is 171 Å². The number of hydrogen-bond donors (Lipinski definition) is 1. The number of fused-ring (bicyclic) bond motifs is 1. The van der Waals surface area contributed by atoms with Gasteiger partial charge in [-0.2, -0.15) is 18.4 Å². The van der Waals surface area contributed by atoms with Gasteiger partial charge in [0.05, 0.1) is 35.5 Å². The molecule has 3 aromatic rings. The van der Waals surface area contributed by atoms with Crippen LogP contribution in [0.25, 0.3) is 10.9 Å². The minimum absolute atomic E-state index is 0.0685. The van der Waals surface area contributed by atoms with Crippen molar-refractivity contribution in [3.05, 3.63) is 65.4 Å². The molecule has 0 aliphatic carbocycles. The third-order valence-corrected chi connectivity index (χ3v) is 5.13. The second-order valence-electron chi connectivity index (χ2n) is 6.97. The van der Waals surface area contributed by atoms with Crippen LogP contribution in [0.15, 0.2) is 48.7 Å². The highest BCUT2D eigenvalue weighted by Crippen LogP contribution is 2.36. The first-order valence-electron chi connectivity index (χ1n) is 9.52. The fourth-order valence-corrected chi connectivity index (χ4v) is 3.60. The third kappa shape index (κ3) is 4.02. The second-order valence-corrected chi connectivity index (χ2v) is 6.97. The lowest BCUT2D eigenvalue weighted by Crippen LogP contribution is -2.36. The van der Waals surface area contributed by atoms with E-state index >= 15 is 0 Å². The van der Waals surface area contributed by atoms with Crippen molar-refractivity contribution in [3.8, 4) is 6.07 Å². The molecule has 5 nitrogen and oxygen atoms in total. The Morgan fingerprint density at radius 2 is 1.90 bits per heavy atom. The second kappa shape index (κ2) is 8.20. The fraction of sp³-hybridized carbons (Fsp3) is 0.273. The van der Waals surface area contributed by atoms with Crippen molar-refractivity contribution in [1.82, 2.24) is 4.98 Å². The van der Waals surface area contributed by atoms with Crippen molar-refractivity contribution >= 4 is 22.3 Å². The summed E-state index contributed by atoms with van der Waals surface area (Å²) in [4.78, 5) is 6.12. The minimum Gasteiger partial charge on any atom is -0.379 e. The first kappa shape index (κ1) is 20.0. The number of nitrogens with one attached hydrogen (secondary N) is 1. The molecule has 0 atom stereocenters. The highest BCUT2D eigenvalue weighted by atomic mass is 19.4. The summed E-state index contributed by atoms with van der Waals surface area (Å²) in [5.41, 5.74) is 1.39. The van der Waals surface area contributed by atoms with Crippen molar-refractivity contribution in [1.29, 1.82) is 5.26 Å². The molecule has 1 fully saturated rings. The Morgan fingerprint density at radius 3 is 2.63 bits per heavy atom. The van der Waals surface area contributed by atoms with Crippen LogP contribution in [-0.2, 0) is 17.5 Å². The molecule has 154 valence electrons. The highest BCUT2D eigenvalue weighted by Gasteiger charge is 2.34. The number of nitriles is 1. The number of aromatic nitrogens is 1. The summed E-state index contributed by atoms with van der Waals surface area (Å²) in [6.07, 6.45) is -3.06. The van der Waals surface area contributed by atoms with E-state index in [9.17, 15) is 18.4 Å². The molecule has 2 heterocycles. The number of pyridine rings is 1.